The van der Waals surface area contributed by atoms with Crippen LogP contribution >= 0.6 is 0 Å². The zero-order chi connectivity index (χ0) is 15.8. The lowest BCUT2D eigenvalue weighted by Crippen LogP contribution is -2.34. The summed E-state index contributed by atoms with van der Waals surface area (Å²) in [7, 11) is 0. The number of amides is 1. The Bertz CT molecular complexity index is 556. The highest BCUT2D eigenvalue weighted by Gasteiger charge is 2.11. The fraction of sp³-hybridized carbons (Fsp3) is 0.429. The van der Waals surface area contributed by atoms with Crippen LogP contribution < -0.4 is 5.43 Å². The zero-order valence-electron chi connectivity index (χ0n) is 12.1. The van der Waals surface area contributed by atoms with E-state index in [4.69, 9.17) is 4.74 Å². The summed E-state index contributed by atoms with van der Waals surface area (Å²) in [5, 5.41) is 14.4. The molecule has 1 N–H and O–H groups in total. The Morgan fingerprint density at radius 2 is 2.18 bits per heavy atom. The fourth-order valence-corrected chi connectivity index (χ4v) is 2.15. The summed E-state index contributed by atoms with van der Waals surface area (Å²) in [6, 6.07) is 5.95. The van der Waals surface area contributed by atoms with E-state index in [0.29, 0.717) is 5.56 Å². The molecule has 1 aromatic carbocycles. The molecule has 22 heavy (non-hydrogen) atoms. The van der Waals surface area contributed by atoms with Crippen LogP contribution in [0.2, 0.25) is 0 Å². The van der Waals surface area contributed by atoms with Gasteiger partial charge in [0.05, 0.1) is 11.1 Å². The van der Waals surface area contributed by atoms with E-state index in [1.807, 2.05) is 0 Å². The van der Waals surface area contributed by atoms with Crippen molar-refractivity contribution in [3.05, 3.63) is 39.9 Å². The van der Waals surface area contributed by atoms with Crippen LogP contribution in [-0.2, 0) is 4.74 Å². The number of hydrogen-bond acceptors (Lipinski definition) is 6. The number of piperidine rings is 1. The molecule has 0 aliphatic carbocycles. The third kappa shape index (κ3) is 5.13. The monoisotopic (exact) mass is 306 g/mol. The molecular formula is C14H18N4O4. The number of nitrogens with zero attached hydrogens (tertiary/aromatic N) is 3. The van der Waals surface area contributed by atoms with E-state index in [2.05, 4.69) is 15.4 Å². The molecule has 0 saturated carbocycles. The van der Waals surface area contributed by atoms with Crippen LogP contribution in [0.3, 0.4) is 0 Å². The number of non-ortho nitro benzene ring substituents is 1. The van der Waals surface area contributed by atoms with Gasteiger partial charge < -0.3 is 4.74 Å². The zero-order valence-corrected chi connectivity index (χ0v) is 12.1. The first-order valence-electron chi connectivity index (χ1n) is 7.08. The van der Waals surface area contributed by atoms with Crippen molar-refractivity contribution in [2.75, 3.05) is 19.8 Å². The average Bonchev–Trinajstić information content (AvgIpc) is 2.54. The van der Waals surface area contributed by atoms with Gasteiger partial charge in [0.2, 0.25) is 0 Å². The smallest absolute Gasteiger partial charge is 0.429 e. The van der Waals surface area contributed by atoms with Crippen LogP contribution in [0.25, 0.3) is 0 Å². The first-order chi connectivity index (χ1) is 10.6. The summed E-state index contributed by atoms with van der Waals surface area (Å²) in [6.07, 6.45) is 4.14. The summed E-state index contributed by atoms with van der Waals surface area (Å²) in [6.45, 7) is 2.12. The van der Waals surface area contributed by atoms with Gasteiger partial charge in [-0.15, -0.1) is 0 Å². The van der Waals surface area contributed by atoms with Crippen LogP contribution in [0.4, 0.5) is 10.5 Å². The largest absolute Gasteiger partial charge is 0.432 e. The molecule has 0 spiro atoms. The number of ether oxygens (including phenoxy) is 1. The molecule has 1 heterocycles. The van der Waals surface area contributed by atoms with Gasteiger partial charge in [0, 0.05) is 30.8 Å². The number of nitro groups is 1. The highest BCUT2D eigenvalue weighted by Crippen LogP contribution is 2.11. The van der Waals surface area contributed by atoms with E-state index in [1.54, 1.807) is 12.1 Å². The number of benzene rings is 1. The van der Waals surface area contributed by atoms with E-state index in [9.17, 15) is 14.9 Å². The number of nitrogens with one attached hydrogen (secondary N) is 1. The van der Waals surface area contributed by atoms with Crippen LogP contribution in [-0.4, -0.2) is 42.0 Å². The lowest BCUT2D eigenvalue weighted by Gasteiger charge is -2.25. The maximum Gasteiger partial charge on any atom is 0.429 e. The third-order valence-corrected chi connectivity index (χ3v) is 3.28. The lowest BCUT2D eigenvalue weighted by molar-refractivity contribution is -0.384. The van der Waals surface area contributed by atoms with Crippen LogP contribution in [0, 0.1) is 10.1 Å². The normalized spacial score (nSPS) is 15.6. The van der Waals surface area contributed by atoms with Crippen molar-refractivity contribution in [3.63, 3.8) is 0 Å². The highest BCUT2D eigenvalue weighted by molar-refractivity contribution is 5.81. The summed E-state index contributed by atoms with van der Waals surface area (Å²) >= 11 is 0. The van der Waals surface area contributed by atoms with Crippen LogP contribution in [0.1, 0.15) is 24.8 Å². The molecule has 1 aliphatic rings. The maximum absolute atomic E-state index is 11.5. The Morgan fingerprint density at radius 3 is 2.91 bits per heavy atom. The number of carbonyl (C=O) groups excluding carboxylic acids is 1. The molecule has 118 valence electrons. The number of rotatable bonds is 5. The van der Waals surface area contributed by atoms with Gasteiger partial charge in [0.15, 0.2) is 0 Å². The number of hydrogen-bond donors (Lipinski definition) is 1. The molecule has 0 aromatic heterocycles. The Kier molecular flexibility index (Phi) is 5.84. The summed E-state index contributed by atoms with van der Waals surface area (Å²) in [5.41, 5.74) is 2.72. The second-order valence-electron chi connectivity index (χ2n) is 4.96. The van der Waals surface area contributed by atoms with Gasteiger partial charge in [0.25, 0.3) is 5.69 Å². The van der Waals surface area contributed by atoms with E-state index in [1.165, 1.54) is 24.8 Å². The van der Waals surface area contributed by atoms with Gasteiger partial charge in [-0.1, -0.05) is 18.6 Å². The first kappa shape index (κ1) is 15.9. The van der Waals surface area contributed by atoms with Gasteiger partial charge in [-0.05, 0) is 12.8 Å². The molecule has 1 fully saturated rings. The summed E-state index contributed by atoms with van der Waals surface area (Å²) in [4.78, 5) is 23.7. The Hall–Kier alpha value is -2.48. The van der Waals surface area contributed by atoms with Crippen LogP contribution in [0.15, 0.2) is 29.4 Å². The minimum Gasteiger partial charge on any atom is -0.432 e. The lowest BCUT2D eigenvalue weighted by atomic mass is 10.1. The highest BCUT2D eigenvalue weighted by atomic mass is 16.6. The topological polar surface area (TPSA) is 97.1 Å². The molecule has 0 atom stereocenters. The molecule has 8 heteroatoms. The van der Waals surface area contributed by atoms with Gasteiger partial charge >= 0.3 is 6.09 Å². The molecule has 0 radical (unpaired) electrons. The number of carbonyl (C=O) groups is 1. The van der Waals surface area contributed by atoms with E-state index in [-0.39, 0.29) is 12.4 Å². The van der Waals surface area contributed by atoms with Gasteiger partial charge in [-0.25, -0.2) is 10.2 Å². The van der Waals surface area contributed by atoms with E-state index in [0.717, 1.165) is 25.9 Å². The Labute approximate surface area is 127 Å². The SMILES string of the molecule is O=C(N/N=C\c1cccc([N+](=O)[O-])c1)OCN1CCCCC1. The molecule has 0 bridgehead atoms. The third-order valence-electron chi connectivity index (χ3n) is 3.28. The standard InChI is InChI=1S/C14H18N4O4/c19-14(22-11-17-7-2-1-3-8-17)16-15-10-12-5-4-6-13(9-12)18(20)21/h4-6,9-10H,1-3,7-8,11H2,(H,16,19)/b15-10-. The Morgan fingerprint density at radius 1 is 1.41 bits per heavy atom. The average molecular weight is 306 g/mol. The number of nitro benzene ring substituents is 1. The quantitative estimate of drug-likeness (QED) is 0.510. The van der Waals surface area contributed by atoms with Crippen molar-refractivity contribution in [2.24, 2.45) is 5.10 Å². The van der Waals surface area contributed by atoms with Crippen molar-refractivity contribution in [1.82, 2.24) is 10.3 Å². The van der Waals surface area contributed by atoms with Gasteiger partial charge in [-0.2, -0.15) is 5.10 Å². The minimum absolute atomic E-state index is 0.0309. The predicted octanol–water partition coefficient (Wildman–Crippen LogP) is 2.10. The second-order valence-corrected chi connectivity index (χ2v) is 4.96. The van der Waals surface area contributed by atoms with E-state index >= 15 is 0 Å². The second kappa shape index (κ2) is 8.08. The van der Waals surface area contributed by atoms with Crippen molar-refractivity contribution in [1.29, 1.82) is 0 Å². The Balaban J connectivity index is 1.75. The number of likely N-dealkylation sites (tertiary alicyclic amines) is 1. The molecule has 2 rings (SSSR count). The minimum atomic E-state index is -0.646. The van der Waals surface area contributed by atoms with Crippen molar-refractivity contribution in [3.8, 4) is 0 Å². The first-order valence-corrected chi connectivity index (χ1v) is 7.08. The number of hydrazone groups is 1. The molecule has 1 saturated heterocycles. The van der Waals surface area contributed by atoms with Gasteiger partial charge in [0.1, 0.15) is 6.73 Å². The fourth-order valence-electron chi connectivity index (χ4n) is 2.15. The van der Waals surface area contributed by atoms with Gasteiger partial charge in [-0.3, -0.25) is 15.0 Å². The van der Waals surface area contributed by atoms with Crippen molar-refractivity contribution >= 4 is 18.0 Å². The predicted molar refractivity (Wildman–Crippen MR) is 80.6 cm³/mol. The van der Waals surface area contributed by atoms with Crippen molar-refractivity contribution < 1.29 is 14.5 Å². The van der Waals surface area contributed by atoms with E-state index < -0.39 is 11.0 Å². The van der Waals surface area contributed by atoms with Crippen molar-refractivity contribution in [2.45, 2.75) is 19.3 Å². The summed E-state index contributed by atoms with van der Waals surface area (Å²) < 4.78 is 5.04. The molecule has 8 nitrogen and oxygen atoms in total. The molecule has 1 aliphatic heterocycles. The maximum atomic E-state index is 11.5. The molecule has 1 amide bonds. The van der Waals surface area contributed by atoms with Crippen LogP contribution in [0.5, 0.6) is 0 Å². The summed E-state index contributed by atoms with van der Waals surface area (Å²) in [5.74, 6) is 0. The molecule has 0 unspecified atom stereocenters. The molecule has 1 aromatic rings. The molecular weight excluding hydrogens is 288 g/mol.